The first kappa shape index (κ1) is 33.6. The molecule has 9 aromatic rings. The van der Waals surface area contributed by atoms with Gasteiger partial charge in [0.15, 0.2) is 0 Å². The second kappa shape index (κ2) is 12.8. The molecule has 266 valence electrons. The van der Waals surface area contributed by atoms with Gasteiger partial charge in [-0.25, -0.2) is 0 Å². The van der Waals surface area contributed by atoms with Crippen LogP contribution in [0.25, 0.3) is 64.3 Å². The normalized spacial score (nSPS) is 14.4. The highest BCUT2D eigenvalue weighted by Crippen LogP contribution is 2.52. The lowest BCUT2D eigenvalue weighted by Gasteiger charge is -2.26. The fourth-order valence-electron chi connectivity index (χ4n) is 9.32. The molecule has 0 bridgehead atoms. The van der Waals surface area contributed by atoms with Crippen molar-refractivity contribution in [3.8, 4) is 33.4 Å². The summed E-state index contributed by atoms with van der Waals surface area (Å²) in [6, 6.07) is 65.1. The Morgan fingerprint density at radius 3 is 1.51 bits per heavy atom. The van der Waals surface area contributed by atoms with Gasteiger partial charge in [-0.15, -0.1) is 11.3 Å². The molecule has 0 N–H and O–H groups in total. The van der Waals surface area contributed by atoms with Gasteiger partial charge in [-0.05, 0) is 145 Å². The van der Waals surface area contributed by atoms with Crippen molar-refractivity contribution in [2.24, 2.45) is 0 Å². The second-order valence-electron chi connectivity index (χ2n) is 16.6. The van der Waals surface area contributed by atoms with Gasteiger partial charge in [0.05, 0.1) is 0 Å². The first-order valence-corrected chi connectivity index (χ1v) is 20.2. The fourth-order valence-corrected chi connectivity index (χ4v) is 10.4. The summed E-state index contributed by atoms with van der Waals surface area (Å²) in [7, 11) is 0. The summed E-state index contributed by atoms with van der Waals surface area (Å²) in [4.78, 5) is 2.43. The van der Waals surface area contributed by atoms with Crippen molar-refractivity contribution in [3.05, 3.63) is 187 Å². The van der Waals surface area contributed by atoms with E-state index >= 15 is 0 Å². The predicted octanol–water partition coefficient (Wildman–Crippen LogP) is 15.6. The summed E-state index contributed by atoms with van der Waals surface area (Å²) in [5.41, 5.74) is 14.0. The minimum absolute atomic E-state index is 0.153. The van der Waals surface area contributed by atoms with Crippen LogP contribution in [0.1, 0.15) is 45.2 Å². The lowest BCUT2D eigenvalue weighted by atomic mass is 9.82. The van der Waals surface area contributed by atoms with Gasteiger partial charge in [0.1, 0.15) is 0 Å². The molecule has 0 fully saturated rings. The molecular weight excluding hydrogens is 683 g/mol. The maximum Gasteiger partial charge on any atom is 0.0468 e. The average Bonchev–Trinajstić information content (AvgIpc) is 3.66. The number of fused-ring (bicyclic) bond motifs is 5. The zero-order valence-electron chi connectivity index (χ0n) is 31.8. The lowest BCUT2D eigenvalue weighted by molar-refractivity contribution is 0.403. The smallest absolute Gasteiger partial charge is 0.0468 e. The molecule has 8 aromatic carbocycles. The molecule has 1 aliphatic carbocycles. The van der Waals surface area contributed by atoms with E-state index < -0.39 is 0 Å². The highest BCUT2D eigenvalue weighted by molar-refractivity contribution is 7.25. The van der Waals surface area contributed by atoms with Crippen molar-refractivity contribution in [2.45, 2.75) is 44.9 Å². The van der Waals surface area contributed by atoms with Gasteiger partial charge in [-0.3, -0.25) is 0 Å². The minimum Gasteiger partial charge on any atom is -0.310 e. The van der Waals surface area contributed by atoms with Crippen LogP contribution >= 0.6 is 11.3 Å². The molecule has 0 saturated heterocycles. The number of nitrogens with zero attached hydrogens (tertiary/aromatic N) is 1. The summed E-state index contributed by atoms with van der Waals surface area (Å²) in [6.07, 6.45) is 1.17. The summed E-state index contributed by atoms with van der Waals surface area (Å²) in [5, 5.41) is 5.17. The molecule has 0 saturated carbocycles. The summed E-state index contributed by atoms with van der Waals surface area (Å²) < 4.78 is 2.71. The van der Waals surface area contributed by atoms with Crippen LogP contribution in [0.3, 0.4) is 0 Å². The van der Waals surface area contributed by atoms with E-state index in [1.54, 1.807) is 0 Å². The topological polar surface area (TPSA) is 3.24 Å². The van der Waals surface area contributed by atoms with E-state index in [1.807, 2.05) is 11.3 Å². The summed E-state index contributed by atoms with van der Waals surface area (Å²) >= 11 is 1.92. The molecule has 0 amide bonds. The monoisotopic (exact) mass is 725 g/mol. The molecule has 0 atom stereocenters. The van der Waals surface area contributed by atoms with Gasteiger partial charge in [0, 0.05) is 37.2 Å². The van der Waals surface area contributed by atoms with Crippen molar-refractivity contribution in [1.82, 2.24) is 0 Å². The maximum absolute atomic E-state index is 2.52. The highest BCUT2D eigenvalue weighted by Gasteiger charge is 2.42. The predicted molar refractivity (Wildman–Crippen MR) is 238 cm³/mol. The Hall–Kier alpha value is -5.96. The van der Waals surface area contributed by atoms with Crippen LogP contribution in [-0.4, -0.2) is 0 Å². The first-order chi connectivity index (χ1) is 26.7. The molecule has 1 aliphatic rings. The van der Waals surface area contributed by atoms with Gasteiger partial charge in [0.25, 0.3) is 0 Å². The Morgan fingerprint density at radius 1 is 0.382 bits per heavy atom. The van der Waals surface area contributed by atoms with E-state index in [-0.39, 0.29) is 10.8 Å². The largest absolute Gasteiger partial charge is 0.310 e. The number of hydrogen-bond acceptors (Lipinski definition) is 2. The van der Waals surface area contributed by atoms with E-state index in [4.69, 9.17) is 0 Å². The van der Waals surface area contributed by atoms with Crippen molar-refractivity contribution < 1.29 is 0 Å². The molecule has 0 spiro atoms. The van der Waals surface area contributed by atoms with Crippen molar-refractivity contribution in [2.75, 3.05) is 4.90 Å². The van der Waals surface area contributed by atoms with Gasteiger partial charge in [0.2, 0.25) is 0 Å². The van der Waals surface area contributed by atoms with Gasteiger partial charge >= 0.3 is 0 Å². The van der Waals surface area contributed by atoms with E-state index in [9.17, 15) is 0 Å². The van der Waals surface area contributed by atoms with Crippen molar-refractivity contribution in [1.29, 1.82) is 0 Å². The minimum atomic E-state index is 0.153. The molecule has 1 aromatic heterocycles. The SMILES string of the molecule is CC1(C)CC(C)(C)c2cc3c(cc21)sc1ccc(N(c2ccc(-c4cc(-c5ccccc5)cc(-c5ccccc5)c4)cc2)c2ccc4ccccc4c2)cc13. The molecular formula is C53H43NS. The quantitative estimate of drug-likeness (QED) is 0.165. The molecule has 1 nitrogen and oxygen atoms in total. The zero-order valence-corrected chi connectivity index (χ0v) is 32.6. The van der Waals surface area contributed by atoms with Crippen LogP contribution in [0.4, 0.5) is 17.1 Å². The lowest BCUT2D eigenvalue weighted by Crippen LogP contribution is -2.17. The standard InChI is InChI=1S/C53H43NS/c1-52(2)34-53(3,4)49-33-51-47(32-48(49)52)46-31-45(25-26-50(46)55-51)54(44-24-21-37-17-11-12-18-39(37)30-44)43-22-19-38(20-23-43)42-28-40(35-13-7-5-8-14-35)27-41(29-42)36-15-9-6-10-16-36/h5-33H,34H2,1-4H3. The molecule has 0 radical (unpaired) electrons. The number of hydrogen-bond donors (Lipinski definition) is 0. The number of rotatable bonds is 6. The molecule has 55 heavy (non-hydrogen) atoms. The Balaban J connectivity index is 1.11. The van der Waals surface area contributed by atoms with E-state index in [0.717, 1.165) is 17.1 Å². The van der Waals surface area contributed by atoms with Gasteiger partial charge in [-0.1, -0.05) is 131 Å². The number of anilines is 3. The third-order valence-electron chi connectivity index (χ3n) is 11.8. The Labute approximate surface area is 328 Å². The van der Waals surface area contributed by atoms with E-state index in [0.29, 0.717) is 0 Å². The van der Waals surface area contributed by atoms with Gasteiger partial charge < -0.3 is 4.90 Å². The van der Waals surface area contributed by atoms with Crippen molar-refractivity contribution >= 4 is 59.3 Å². The average molecular weight is 726 g/mol. The van der Waals surface area contributed by atoms with Crippen LogP contribution in [0, 0.1) is 0 Å². The molecule has 2 heteroatoms. The van der Waals surface area contributed by atoms with Crippen LogP contribution in [-0.2, 0) is 10.8 Å². The van der Waals surface area contributed by atoms with Crippen LogP contribution in [0.2, 0.25) is 0 Å². The first-order valence-electron chi connectivity index (χ1n) is 19.4. The summed E-state index contributed by atoms with van der Waals surface area (Å²) in [6.45, 7) is 9.65. The van der Waals surface area contributed by atoms with Crippen LogP contribution < -0.4 is 4.90 Å². The number of benzene rings is 8. The molecule has 1 heterocycles. The molecule has 10 rings (SSSR count). The maximum atomic E-state index is 2.52. The Morgan fingerprint density at radius 2 is 0.873 bits per heavy atom. The number of thiophene rings is 1. The Bertz CT molecular complexity index is 2820. The third kappa shape index (κ3) is 5.93. The molecule has 0 aliphatic heterocycles. The van der Waals surface area contributed by atoms with Crippen LogP contribution in [0.15, 0.2) is 176 Å². The summed E-state index contributed by atoms with van der Waals surface area (Å²) in [5.74, 6) is 0. The van der Waals surface area contributed by atoms with Crippen LogP contribution in [0.5, 0.6) is 0 Å². The third-order valence-corrected chi connectivity index (χ3v) is 12.9. The Kier molecular flexibility index (Phi) is 7.83. The highest BCUT2D eigenvalue weighted by atomic mass is 32.1. The second-order valence-corrected chi connectivity index (χ2v) is 17.6. The van der Waals surface area contributed by atoms with Crippen molar-refractivity contribution in [3.63, 3.8) is 0 Å². The zero-order chi connectivity index (χ0) is 37.3. The fraction of sp³-hybridized carbons (Fsp3) is 0.132. The molecule has 0 unspecified atom stereocenters. The van der Waals surface area contributed by atoms with E-state index in [1.165, 1.54) is 81.9 Å². The van der Waals surface area contributed by atoms with Gasteiger partial charge in [-0.2, -0.15) is 0 Å². The van der Waals surface area contributed by atoms with E-state index in [2.05, 4.69) is 209 Å².